The number of aromatic nitrogens is 3. The van der Waals surface area contributed by atoms with Crippen molar-refractivity contribution in [3.8, 4) is 0 Å². The van der Waals surface area contributed by atoms with Gasteiger partial charge in [-0.05, 0) is 24.3 Å². The molecule has 0 atom stereocenters. The van der Waals surface area contributed by atoms with Gasteiger partial charge in [0, 0.05) is 11.9 Å². The summed E-state index contributed by atoms with van der Waals surface area (Å²) in [7, 11) is 0. The maximum Gasteiger partial charge on any atom is 0.277 e. The Kier molecular flexibility index (Phi) is 5.28. The number of nitrogens with zero attached hydrogens (tertiary/aromatic N) is 2. The maximum atomic E-state index is 13.7. The van der Waals surface area contributed by atoms with E-state index in [9.17, 15) is 14.0 Å². The number of benzene rings is 1. The summed E-state index contributed by atoms with van der Waals surface area (Å²) in [5, 5.41) is 2.60. The lowest BCUT2D eigenvalue weighted by Gasteiger charge is -2.09. The first-order valence-corrected chi connectivity index (χ1v) is 8.51. The first kappa shape index (κ1) is 17.6. The molecule has 0 saturated carbocycles. The Morgan fingerprint density at radius 1 is 1.23 bits per heavy atom. The number of nitrogens with two attached hydrogens (primary N) is 1. The number of anilines is 2. The van der Waals surface area contributed by atoms with Crippen molar-refractivity contribution in [3.63, 3.8) is 0 Å². The van der Waals surface area contributed by atoms with Crippen molar-refractivity contribution in [3.05, 3.63) is 76.1 Å². The van der Waals surface area contributed by atoms with Gasteiger partial charge in [0.25, 0.3) is 11.5 Å². The first-order valence-electron chi connectivity index (χ1n) is 7.53. The molecule has 1 aromatic carbocycles. The average molecular weight is 371 g/mol. The van der Waals surface area contributed by atoms with E-state index >= 15 is 0 Å². The minimum atomic E-state index is -0.781. The van der Waals surface area contributed by atoms with Gasteiger partial charge < -0.3 is 11.1 Å². The van der Waals surface area contributed by atoms with Gasteiger partial charge in [-0.3, -0.25) is 19.6 Å². The molecule has 3 rings (SSSR count). The molecule has 0 saturated heterocycles. The molecule has 7 nitrogen and oxygen atoms in total. The number of nitrogen functional groups attached to an aromatic ring is 1. The van der Waals surface area contributed by atoms with Crippen LogP contribution in [0.4, 0.5) is 15.9 Å². The van der Waals surface area contributed by atoms with Crippen LogP contribution in [0.1, 0.15) is 16.1 Å². The summed E-state index contributed by atoms with van der Waals surface area (Å²) >= 11 is 1.25. The van der Waals surface area contributed by atoms with Gasteiger partial charge in [0.05, 0.1) is 11.3 Å². The molecule has 2 heterocycles. The van der Waals surface area contributed by atoms with E-state index in [2.05, 4.69) is 20.3 Å². The van der Waals surface area contributed by atoms with Crippen LogP contribution in [0.5, 0.6) is 0 Å². The van der Waals surface area contributed by atoms with Crippen LogP contribution < -0.4 is 16.6 Å². The zero-order valence-corrected chi connectivity index (χ0v) is 14.2. The van der Waals surface area contributed by atoms with Crippen LogP contribution in [0.25, 0.3) is 0 Å². The summed E-state index contributed by atoms with van der Waals surface area (Å²) in [5.74, 6) is -1.14. The summed E-state index contributed by atoms with van der Waals surface area (Å²) < 4.78 is 13.7. The maximum absolute atomic E-state index is 13.7. The molecule has 0 bridgehead atoms. The largest absolute Gasteiger partial charge is 0.382 e. The van der Waals surface area contributed by atoms with Crippen LogP contribution in [0.2, 0.25) is 0 Å². The second kappa shape index (κ2) is 7.79. The van der Waals surface area contributed by atoms with E-state index in [0.29, 0.717) is 10.9 Å². The van der Waals surface area contributed by atoms with Gasteiger partial charge in [0.1, 0.15) is 11.5 Å². The van der Waals surface area contributed by atoms with Gasteiger partial charge in [-0.25, -0.2) is 9.37 Å². The Balaban J connectivity index is 1.76. The van der Waals surface area contributed by atoms with Crippen molar-refractivity contribution in [1.82, 2.24) is 15.0 Å². The number of hydrogen-bond donors (Lipinski definition) is 3. The van der Waals surface area contributed by atoms with Gasteiger partial charge in [-0.1, -0.05) is 30.0 Å². The fraction of sp³-hybridized carbons (Fsp3) is 0.0588. The topological polar surface area (TPSA) is 114 Å². The molecule has 0 fully saturated rings. The average Bonchev–Trinajstić information content (AvgIpc) is 2.64. The fourth-order valence-electron chi connectivity index (χ4n) is 2.11. The van der Waals surface area contributed by atoms with E-state index in [1.807, 2.05) is 12.1 Å². The number of halogens is 1. The molecule has 0 aliphatic rings. The molecule has 3 aromatic rings. The smallest absolute Gasteiger partial charge is 0.277 e. The van der Waals surface area contributed by atoms with Gasteiger partial charge >= 0.3 is 0 Å². The Morgan fingerprint density at radius 3 is 2.69 bits per heavy atom. The summed E-state index contributed by atoms with van der Waals surface area (Å²) in [6.07, 6.45) is 1.67. The molecule has 0 spiro atoms. The minimum absolute atomic E-state index is 0.151. The van der Waals surface area contributed by atoms with Crippen molar-refractivity contribution in [2.45, 2.75) is 10.9 Å². The van der Waals surface area contributed by atoms with Crippen molar-refractivity contribution >= 4 is 29.2 Å². The molecule has 0 unspecified atom stereocenters. The molecular formula is C17H14FN5O2S. The van der Waals surface area contributed by atoms with Crippen LogP contribution >= 0.6 is 11.8 Å². The SMILES string of the molecule is Nc1nc(SCc2ccccn2)[nH]c(=O)c1NC(=O)c1ccccc1F. The molecular weight excluding hydrogens is 357 g/mol. The van der Waals surface area contributed by atoms with Crippen molar-refractivity contribution < 1.29 is 9.18 Å². The van der Waals surface area contributed by atoms with E-state index in [1.165, 1.54) is 30.0 Å². The minimum Gasteiger partial charge on any atom is -0.382 e. The summed E-state index contributed by atoms with van der Waals surface area (Å²) in [6, 6.07) is 10.9. The zero-order chi connectivity index (χ0) is 18.5. The number of pyridine rings is 1. The van der Waals surface area contributed by atoms with E-state index in [4.69, 9.17) is 5.73 Å². The molecule has 1 amide bonds. The number of carbonyl (C=O) groups excluding carboxylic acids is 1. The molecule has 26 heavy (non-hydrogen) atoms. The predicted octanol–water partition coefficient (Wildman–Crippen LogP) is 2.43. The highest BCUT2D eigenvalue weighted by molar-refractivity contribution is 7.98. The van der Waals surface area contributed by atoms with Crippen molar-refractivity contribution in [1.29, 1.82) is 0 Å². The van der Waals surface area contributed by atoms with Crippen LogP contribution in [-0.4, -0.2) is 20.9 Å². The van der Waals surface area contributed by atoms with Crippen LogP contribution in [0.3, 0.4) is 0 Å². The number of aromatic amines is 1. The lowest BCUT2D eigenvalue weighted by molar-refractivity contribution is 0.102. The lowest BCUT2D eigenvalue weighted by Crippen LogP contribution is -2.23. The monoisotopic (exact) mass is 371 g/mol. The number of nitrogens with one attached hydrogen (secondary N) is 2. The Hall–Kier alpha value is -3.20. The second-order valence-electron chi connectivity index (χ2n) is 5.18. The molecule has 0 radical (unpaired) electrons. The normalized spacial score (nSPS) is 10.5. The van der Waals surface area contributed by atoms with E-state index in [0.717, 1.165) is 11.8 Å². The molecule has 0 aliphatic carbocycles. The standard InChI is InChI=1S/C17H14FN5O2S/c18-12-7-2-1-6-11(12)15(24)21-13-14(19)22-17(23-16(13)25)26-9-10-5-3-4-8-20-10/h1-8H,9H2,(H,21,24)(H3,19,22,23,25). The predicted molar refractivity (Wildman–Crippen MR) is 97.4 cm³/mol. The first-order chi connectivity index (χ1) is 12.5. The van der Waals surface area contributed by atoms with Gasteiger partial charge in [-0.15, -0.1) is 0 Å². The zero-order valence-electron chi connectivity index (χ0n) is 13.4. The number of amides is 1. The second-order valence-corrected chi connectivity index (χ2v) is 6.14. The third-order valence-corrected chi connectivity index (χ3v) is 4.27. The Labute approximate surface area is 151 Å². The van der Waals surface area contributed by atoms with Gasteiger partial charge in [-0.2, -0.15) is 0 Å². The van der Waals surface area contributed by atoms with Crippen LogP contribution in [-0.2, 0) is 5.75 Å². The number of H-pyrrole nitrogens is 1. The summed E-state index contributed by atoms with van der Waals surface area (Å²) in [6.45, 7) is 0. The third-order valence-electron chi connectivity index (χ3n) is 3.37. The highest BCUT2D eigenvalue weighted by Crippen LogP contribution is 2.20. The van der Waals surface area contributed by atoms with Gasteiger partial charge in [0.15, 0.2) is 11.0 Å². The molecule has 4 N–H and O–H groups in total. The molecule has 2 aromatic heterocycles. The quantitative estimate of drug-likeness (QED) is 0.469. The van der Waals surface area contributed by atoms with E-state index in [-0.39, 0.29) is 17.1 Å². The van der Waals surface area contributed by atoms with Crippen LogP contribution in [0.15, 0.2) is 58.6 Å². The highest BCUT2D eigenvalue weighted by atomic mass is 32.2. The van der Waals surface area contributed by atoms with Crippen LogP contribution in [0, 0.1) is 5.82 Å². The number of thioether (sulfide) groups is 1. The molecule has 0 aliphatic heterocycles. The Bertz CT molecular complexity index is 994. The number of rotatable bonds is 5. The van der Waals surface area contributed by atoms with Crippen molar-refractivity contribution in [2.75, 3.05) is 11.1 Å². The number of carbonyl (C=O) groups is 1. The summed E-state index contributed by atoms with van der Waals surface area (Å²) in [5.41, 5.74) is 5.57. The fourth-order valence-corrected chi connectivity index (χ4v) is 2.89. The molecule has 132 valence electrons. The van der Waals surface area contributed by atoms with Crippen molar-refractivity contribution in [2.24, 2.45) is 0 Å². The Morgan fingerprint density at radius 2 is 2.00 bits per heavy atom. The summed E-state index contributed by atoms with van der Waals surface area (Å²) in [4.78, 5) is 35.1. The third kappa shape index (κ3) is 4.06. The van der Waals surface area contributed by atoms with Gasteiger partial charge in [0.2, 0.25) is 0 Å². The lowest BCUT2D eigenvalue weighted by atomic mass is 10.2. The number of hydrogen-bond acceptors (Lipinski definition) is 6. The molecule has 9 heteroatoms. The highest BCUT2D eigenvalue weighted by Gasteiger charge is 2.16. The van der Waals surface area contributed by atoms with E-state index in [1.54, 1.807) is 12.3 Å². The van der Waals surface area contributed by atoms with E-state index < -0.39 is 17.3 Å².